The lowest BCUT2D eigenvalue weighted by Gasteiger charge is -2.26. The van der Waals surface area contributed by atoms with Gasteiger partial charge in [-0.05, 0) is 44.2 Å². The third-order valence-electron chi connectivity index (χ3n) is 3.72. The average molecular weight is 249 g/mol. The number of nitrogens with two attached hydrogens (primary N) is 1. The molecule has 0 aliphatic heterocycles. The van der Waals surface area contributed by atoms with Gasteiger partial charge < -0.3 is 10.6 Å². The molecule has 0 aliphatic carbocycles. The summed E-state index contributed by atoms with van der Waals surface area (Å²) in [4.78, 5) is 6.85. The molecule has 1 aromatic heterocycles. The first kappa shape index (κ1) is 15.0. The van der Waals surface area contributed by atoms with Gasteiger partial charge in [-0.25, -0.2) is 4.98 Å². The molecule has 1 aromatic rings. The van der Waals surface area contributed by atoms with E-state index in [0.717, 1.165) is 25.1 Å². The van der Waals surface area contributed by atoms with Gasteiger partial charge in [0.15, 0.2) is 0 Å². The molecule has 0 radical (unpaired) electrons. The summed E-state index contributed by atoms with van der Waals surface area (Å²) >= 11 is 0. The molecule has 102 valence electrons. The van der Waals surface area contributed by atoms with E-state index in [-0.39, 0.29) is 6.04 Å². The maximum Gasteiger partial charge on any atom is 0.131 e. The van der Waals surface area contributed by atoms with E-state index in [4.69, 9.17) is 5.73 Å². The Morgan fingerprint density at radius 1 is 1.33 bits per heavy atom. The monoisotopic (exact) mass is 249 g/mol. The lowest BCUT2D eigenvalue weighted by atomic mass is 10.0. The molecule has 2 atom stereocenters. The number of aryl methyl sites for hydroxylation is 1. The molecule has 0 spiro atoms. The number of hydrogen-bond donors (Lipinski definition) is 1. The van der Waals surface area contributed by atoms with Gasteiger partial charge in [0.05, 0.1) is 0 Å². The first-order valence-electron chi connectivity index (χ1n) is 6.93. The summed E-state index contributed by atoms with van der Waals surface area (Å²) in [5.41, 5.74) is 8.46. The molecule has 3 heteroatoms. The molecule has 0 aromatic carbocycles. The second-order valence-electron chi connectivity index (χ2n) is 5.22. The Morgan fingerprint density at radius 3 is 2.50 bits per heavy atom. The van der Waals surface area contributed by atoms with Crippen LogP contribution < -0.4 is 10.6 Å². The van der Waals surface area contributed by atoms with Gasteiger partial charge in [0.25, 0.3) is 0 Å². The first-order valence-corrected chi connectivity index (χ1v) is 6.93. The summed E-state index contributed by atoms with van der Waals surface area (Å²) in [5.74, 6) is 1.08. The van der Waals surface area contributed by atoms with Crippen LogP contribution >= 0.6 is 0 Å². The zero-order chi connectivity index (χ0) is 13.7. The van der Waals surface area contributed by atoms with Crippen LogP contribution in [0.1, 0.15) is 44.7 Å². The largest absolute Gasteiger partial charge is 0.357 e. The third kappa shape index (κ3) is 3.70. The summed E-state index contributed by atoms with van der Waals surface area (Å²) in [6, 6.07) is 2.97. The van der Waals surface area contributed by atoms with Crippen LogP contribution in [0.3, 0.4) is 0 Å². The van der Waals surface area contributed by atoms with Crippen molar-refractivity contribution in [3.05, 3.63) is 23.4 Å². The summed E-state index contributed by atoms with van der Waals surface area (Å²) in [7, 11) is 2.11. The Kier molecular flexibility index (Phi) is 5.60. The summed E-state index contributed by atoms with van der Waals surface area (Å²) in [6.45, 7) is 8.67. The lowest BCUT2D eigenvalue weighted by Crippen LogP contribution is -2.29. The van der Waals surface area contributed by atoms with Crippen molar-refractivity contribution in [3.8, 4) is 0 Å². The zero-order valence-electron chi connectivity index (χ0n) is 12.4. The summed E-state index contributed by atoms with van der Waals surface area (Å²) < 4.78 is 0. The van der Waals surface area contributed by atoms with E-state index in [9.17, 15) is 0 Å². The van der Waals surface area contributed by atoms with Crippen molar-refractivity contribution in [1.29, 1.82) is 0 Å². The van der Waals surface area contributed by atoms with E-state index in [1.807, 2.05) is 6.20 Å². The Bertz CT molecular complexity index is 376. The van der Waals surface area contributed by atoms with Crippen LogP contribution in [0, 0.1) is 6.92 Å². The predicted molar refractivity (Wildman–Crippen MR) is 79.1 cm³/mol. The second kappa shape index (κ2) is 6.74. The number of nitrogens with zero attached hydrogens (tertiary/aromatic N) is 2. The molecule has 18 heavy (non-hydrogen) atoms. The topological polar surface area (TPSA) is 42.1 Å². The van der Waals surface area contributed by atoms with Gasteiger partial charge in [0.2, 0.25) is 0 Å². The van der Waals surface area contributed by atoms with Crippen molar-refractivity contribution in [1.82, 2.24) is 4.98 Å². The minimum atomic E-state index is 0.240. The van der Waals surface area contributed by atoms with Crippen molar-refractivity contribution in [3.63, 3.8) is 0 Å². The number of pyridine rings is 1. The molecule has 1 rings (SSSR count). The highest BCUT2D eigenvalue weighted by Crippen LogP contribution is 2.20. The Balaban J connectivity index is 2.85. The number of anilines is 1. The summed E-state index contributed by atoms with van der Waals surface area (Å²) in [5, 5.41) is 0. The molecule has 0 fully saturated rings. The standard InChI is InChI=1S/C15H27N3/c1-6-12(4)18(5)15-11(3)8-13(10-17-15)9-14(16)7-2/h8,10,12,14H,6-7,9,16H2,1-5H3. The van der Waals surface area contributed by atoms with E-state index in [0.29, 0.717) is 6.04 Å². The predicted octanol–water partition coefficient (Wildman–Crippen LogP) is 2.90. The normalized spacial score (nSPS) is 14.3. The van der Waals surface area contributed by atoms with Crippen molar-refractivity contribution < 1.29 is 0 Å². The second-order valence-corrected chi connectivity index (χ2v) is 5.22. The molecule has 0 saturated carbocycles. The Hall–Kier alpha value is -1.09. The van der Waals surface area contributed by atoms with Crippen molar-refractivity contribution >= 4 is 5.82 Å². The smallest absolute Gasteiger partial charge is 0.131 e. The average Bonchev–Trinajstić information content (AvgIpc) is 2.37. The molecule has 0 amide bonds. The molecular formula is C15H27N3. The molecule has 0 bridgehead atoms. The van der Waals surface area contributed by atoms with Gasteiger partial charge in [0.1, 0.15) is 5.82 Å². The van der Waals surface area contributed by atoms with Gasteiger partial charge in [-0.1, -0.05) is 19.9 Å². The van der Waals surface area contributed by atoms with Crippen molar-refractivity contribution in [2.24, 2.45) is 5.73 Å². The Morgan fingerprint density at radius 2 is 2.00 bits per heavy atom. The Labute approximate surface area is 111 Å². The SMILES string of the molecule is CCC(N)Cc1cnc(N(C)C(C)CC)c(C)c1. The van der Waals surface area contributed by atoms with Crippen molar-refractivity contribution in [2.75, 3.05) is 11.9 Å². The fraction of sp³-hybridized carbons (Fsp3) is 0.667. The molecule has 2 unspecified atom stereocenters. The van der Waals surface area contributed by atoms with Crippen LogP contribution in [-0.4, -0.2) is 24.1 Å². The van der Waals surface area contributed by atoms with Gasteiger partial charge in [-0.15, -0.1) is 0 Å². The minimum Gasteiger partial charge on any atom is -0.357 e. The maximum atomic E-state index is 5.98. The van der Waals surface area contributed by atoms with Crippen LogP contribution in [-0.2, 0) is 6.42 Å². The number of aromatic nitrogens is 1. The zero-order valence-corrected chi connectivity index (χ0v) is 12.4. The van der Waals surface area contributed by atoms with E-state index in [1.54, 1.807) is 0 Å². The molecule has 0 saturated heterocycles. The van der Waals surface area contributed by atoms with E-state index in [2.05, 4.69) is 50.7 Å². The highest BCUT2D eigenvalue weighted by Gasteiger charge is 2.12. The van der Waals surface area contributed by atoms with E-state index >= 15 is 0 Å². The van der Waals surface area contributed by atoms with E-state index < -0.39 is 0 Å². The van der Waals surface area contributed by atoms with Crippen LogP contribution in [0.25, 0.3) is 0 Å². The fourth-order valence-electron chi connectivity index (χ4n) is 2.04. The highest BCUT2D eigenvalue weighted by atomic mass is 15.2. The molecule has 1 heterocycles. The quantitative estimate of drug-likeness (QED) is 0.843. The first-order chi connectivity index (χ1) is 8.49. The third-order valence-corrected chi connectivity index (χ3v) is 3.72. The van der Waals surface area contributed by atoms with Crippen LogP contribution in [0.2, 0.25) is 0 Å². The van der Waals surface area contributed by atoms with Gasteiger partial charge in [0, 0.05) is 25.3 Å². The lowest BCUT2D eigenvalue weighted by molar-refractivity contribution is 0.640. The van der Waals surface area contributed by atoms with Gasteiger partial charge in [-0.3, -0.25) is 0 Å². The van der Waals surface area contributed by atoms with E-state index in [1.165, 1.54) is 11.1 Å². The summed E-state index contributed by atoms with van der Waals surface area (Å²) in [6.07, 6.45) is 5.02. The molecule has 3 nitrogen and oxygen atoms in total. The van der Waals surface area contributed by atoms with Gasteiger partial charge >= 0.3 is 0 Å². The minimum absolute atomic E-state index is 0.240. The fourth-order valence-corrected chi connectivity index (χ4v) is 2.04. The maximum absolute atomic E-state index is 5.98. The van der Waals surface area contributed by atoms with Crippen molar-refractivity contribution in [2.45, 2.75) is 59.0 Å². The molecular weight excluding hydrogens is 222 g/mol. The molecule has 2 N–H and O–H groups in total. The number of rotatable bonds is 6. The van der Waals surface area contributed by atoms with Crippen LogP contribution in [0.5, 0.6) is 0 Å². The number of hydrogen-bond acceptors (Lipinski definition) is 3. The molecule has 0 aliphatic rings. The van der Waals surface area contributed by atoms with Crippen LogP contribution in [0.4, 0.5) is 5.82 Å². The van der Waals surface area contributed by atoms with Gasteiger partial charge in [-0.2, -0.15) is 0 Å². The highest BCUT2D eigenvalue weighted by molar-refractivity contribution is 5.47. The van der Waals surface area contributed by atoms with Crippen LogP contribution in [0.15, 0.2) is 12.3 Å².